The van der Waals surface area contributed by atoms with Gasteiger partial charge in [0, 0.05) is 12.0 Å². The fourth-order valence-corrected chi connectivity index (χ4v) is 3.25. The van der Waals surface area contributed by atoms with Crippen LogP contribution >= 0.6 is 0 Å². The van der Waals surface area contributed by atoms with E-state index in [4.69, 9.17) is 4.52 Å². The topological polar surface area (TPSA) is 103 Å². The second kappa shape index (κ2) is 5.80. The summed E-state index contributed by atoms with van der Waals surface area (Å²) in [7, 11) is 1.29. The maximum absolute atomic E-state index is 12.4. The molecule has 0 bridgehead atoms. The van der Waals surface area contributed by atoms with E-state index in [1.807, 2.05) is 0 Å². The van der Waals surface area contributed by atoms with E-state index in [1.54, 1.807) is 24.3 Å². The van der Waals surface area contributed by atoms with Crippen LogP contribution in [0.15, 0.2) is 28.8 Å². The van der Waals surface area contributed by atoms with Gasteiger partial charge in [0.25, 0.3) is 11.8 Å². The average Bonchev–Trinajstić information content (AvgIpc) is 3.12. The highest BCUT2D eigenvalue weighted by Crippen LogP contribution is 2.41. The van der Waals surface area contributed by atoms with Crippen LogP contribution in [0.4, 0.5) is 0 Å². The Kier molecular flexibility index (Phi) is 3.60. The Morgan fingerprint density at radius 2 is 1.88 bits per heavy atom. The van der Waals surface area contributed by atoms with Crippen LogP contribution in [0.3, 0.4) is 0 Å². The fourth-order valence-electron chi connectivity index (χ4n) is 3.25. The summed E-state index contributed by atoms with van der Waals surface area (Å²) < 4.78 is 9.74. The van der Waals surface area contributed by atoms with Crippen molar-refractivity contribution in [3.63, 3.8) is 0 Å². The highest BCUT2D eigenvalue weighted by Gasteiger charge is 2.46. The Labute approximate surface area is 142 Å². The molecule has 1 aliphatic carbocycles. The quantitative estimate of drug-likeness (QED) is 0.610. The lowest BCUT2D eigenvalue weighted by atomic mass is 9.79. The minimum atomic E-state index is -0.440. The van der Waals surface area contributed by atoms with E-state index in [0.29, 0.717) is 29.9 Å². The molecule has 8 heteroatoms. The Morgan fingerprint density at radius 3 is 2.48 bits per heavy atom. The smallest absolute Gasteiger partial charge is 0.313 e. The standard InChI is InChI=1S/C17H15N3O5/c1-24-14(21)8-13-18-15(25-19-13)9-6-10(7-9)20-16(22)11-4-2-3-5-12(11)17(20)23/h2-5,9-10H,6-8H2,1H3. The third-order valence-corrected chi connectivity index (χ3v) is 4.67. The summed E-state index contributed by atoms with van der Waals surface area (Å²) in [5.41, 5.74) is 0.906. The zero-order chi connectivity index (χ0) is 17.6. The second-order valence-corrected chi connectivity index (χ2v) is 6.15. The molecule has 1 saturated carbocycles. The molecule has 1 fully saturated rings. The van der Waals surface area contributed by atoms with Gasteiger partial charge in [-0.25, -0.2) is 0 Å². The number of fused-ring (bicyclic) bond motifs is 1. The number of nitrogens with zero attached hydrogens (tertiary/aromatic N) is 3. The lowest BCUT2D eigenvalue weighted by Crippen LogP contribution is -2.46. The number of carbonyl (C=O) groups is 3. The molecule has 8 nitrogen and oxygen atoms in total. The molecule has 2 amide bonds. The van der Waals surface area contributed by atoms with Crippen LogP contribution in [0.25, 0.3) is 0 Å². The third kappa shape index (κ3) is 2.50. The van der Waals surface area contributed by atoms with Crippen molar-refractivity contribution in [1.29, 1.82) is 0 Å². The molecule has 1 aromatic heterocycles. The van der Waals surface area contributed by atoms with E-state index >= 15 is 0 Å². The van der Waals surface area contributed by atoms with E-state index in [9.17, 15) is 14.4 Å². The Hall–Kier alpha value is -3.03. The molecule has 4 rings (SSSR count). The van der Waals surface area contributed by atoms with Crippen LogP contribution in [-0.2, 0) is 16.0 Å². The predicted molar refractivity (Wildman–Crippen MR) is 82.7 cm³/mol. The lowest BCUT2D eigenvalue weighted by molar-refractivity contribution is -0.139. The molecule has 2 aliphatic rings. The largest absolute Gasteiger partial charge is 0.469 e. The van der Waals surface area contributed by atoms with Gasteiger partial charge in [-0.3, -0.25) is 19.3 Å². The number of aromatic nitrogens is 2. The first-order chi connectivity index (χ1) is 12.1. The molecule has 0 spiro atoms. The second-order valence-electron chi connectivity index (χ2n) is 6.15. The monoisotopic (exact) mass is 341 g/mol. The first-order valence-electron chi connectivity index (χ1n) is 7.94. The number of esters is 1. The van der Waals surface area contributed by atoms with Crippen molar-refractivity contribution in [3.05, 3.63) is 47.1 Å². The number of benzene rings is 1. The van der Waals surface area contributed by atoms with Gasteiger partial charge < -0.3 is 9.26 Å². The molecule has 2 aromatic rings. The summed E-state index contributed by atoms with van der Waals surface area (Å²) >= 11 is 0. The van der Waals surface area contributed by atoms with Gasteiger partial charge in [0.15, 0.2) is 5.82 Å². The fraction of sp³-hybridized carbons (Fsp3) is 0.353. The van der Waals surface area contributed by atoms with Crippen LogP contribution in [0, 0.1) is 0 Å². The molecule has 0 unspecified atom stereocenters. The van der Waals surface area contributed by atoms with E-state index in [1.165, 1.54) is 12.0 Å². The van der Waals surface area contributed by atoms with Gasteiger partial charge in [-0.1, -0.05) is 17.3 Å². The number of imide groups is 1. The molecule has 0 N–H and O–H groups in total. The van der Waals surface area contributed by atoms with E-state index in [-0.39, 0.29) is 36.0 Å². The van der Waals surface area contributed by atoms with Crippen LogP contribution in [0.5, 0.6) is 0 Å². The van der Waals surface area contributed by atoms with Crippen molar-refractivity contribution >= 4 is 17.8 Å². The highest BCUT2D eigenvalue weighted by molar-refractivity contribution is 6.21. The van der Waals surface area contributed by atoms with Crippen molar-refractivity contribution in [2.75, 3.05) is 7.11 Å². The maximum atomic E-state index is 12.4. The van der Waals surface area contributed by atoms with Crippen LogP contribution in [-0.4, -0.2) is 46.0 Å². The Balaban J connectivity index is 1.42. The summed E-state index contributed by atoms with van der Waals surface area (Å²) in [6.07, 6.45) is 1.10. The Morgan fingerprint density at radius 1 is 1.24 bits per heavy atom. The number of hydrogen-bond donors (Lipinski definition) is 0. The van der Waals surface area contributed by atoms with Gasteiger partial charge in [0.1, 0.15) is 6.42 Å². The summed E-state index contributed by atoms with van der Waals surface area (Å²) in [4.78, 5) is 41.6. The highest BCUT2D eigenvalue weighted by atomic mass is 16.5. The summed E-state index contributed by atoms with van der Waals surface area (Å²) in [5.74, 6) is -0.266. The summed E-state index contributed by atoms with van der Waals surface area (Å²) in [6, 6.07) is 6.66. The van der Waals surface area contributed by atoms with Crippen molar-refractivity contribution in [3.8, 4) is 0 Å². The predicted octanol–water partition coefficient (Wildman–Crippen LogP) is 1.33. The number of rotatable bonds is 4. The summed E-state index contributed by atoms with van der Waals surface area (Å²) in [5, 5.41) is 3.76. The number of methoxy groups -OCH3 is 1. The number of amides is 2. The molecule has 0 saturated heterocycles. The van der Waals surface area contributed by atoms with Crippen molar-refractivity contribution in [2.24, 2.45) is 0 Å². The molecular formula is C17H15N3O5. The number of carbonyl (C=O) groups excluding carboxylic acids is 3. The van der Waals surface area contributed by atoms with Gasteiger partial charge in [0.05, 0.1) is 18.2 Å². The minimum absolute atomic E-state index is 0.0202. The average molecular weight is 341 g/mol. The molecule has 1 aliphatic heterocycles. The van der Waals surface area contributed by atoms with Gasteiger partial charge in [-0.15, -0.1) is 0 Å². The first kappa shape index (κ1) is 15.5. The van der Waals surface area contributed by atoms with E-state index in [0.717, 1.165) is 0 Å². The van der Waals surface area contributed by atoms with Crippen molar-refractivity contribution in [1.82, 2.24) is 15.0 Å². The molecule has 1 aromatic carbocycles. The minimum Gasteiger partial charge on any atom is -0.469 e. The molecule has 2 heterocycles. The maximum Gasteiger partial charge on any atom is 0.313 e. The number of ether oxygens (including phenoxy) is 1. The van der Waals surface area contributed by atoms with Crippen LogP contribution in [0.2, 0.25) is 0 Å². The lowest BCUT2D eigenvalue weighted by Gasteiger charge is -2.38. The van der Waals surface area contributed by atoms with Gasteiger partial charge >= 0.3 is 5.97 Å². The zero-order valence-electron chi connectivity index (χ0n) is 13.5. The van der Waals surface area contributed by atoms with Crippen molar-refractivity contribution < 1.29 is 23.6 Å². The summed E-state index contributed by atoms with van der Waals surface area (Å²) in [6.45, 7) is 0. The van der Waals surface area contributed by atoms with Crippen molar-refractivity contribution in [2.45, 2.75) is 31.2 Å². The first-order valence-corrected chi connectivity index (χ1v) is 7.94. The SMILES string of the molecule is COC(=O)Cc1noc(C2CC(N3C(=O)c4ccccc4C3=O)C2)n1. The van der Waals surface area contributed by atoms with E-state index in [2.05, 4.69) is 14.9 Å². The van der Waals surface area contributed by atoms with Gasteiger partial charge in [-0.2, -0.15) is 4.98 Å². The Bertz CT molecular complexity index is 834. The van der Waals surface area contributed by atoms with Gasteiger partial charge in [-0.05, 0) is 25.0 Å². The molecular weight excluding hydrogens is 326 g/mol. The molecule has 128 valence electrons. The van der Waals surface area contributed by atoms with E-state index < -0.39 is 5.97 Å². The third-order valence-electron chi connectivity index (χ3n) is 4.67. The molecule has 25 heavy (non-hydrogen) atoms. The van der Waals surface area contributed by atoms with Crippen LogP contribution < -0.4 is 0 Å². The van der Waals surface area contributed by atoms with Gasteiger partial charge in [0.2, 0.25) is 5.89 Å². The normalized spacial score (nSPS) is 21.9. The molecule has 0 radical (unpaired) electrons. The van der Waals surface area contributed by atoms with Crippen LogP contribution in [0.1, 0.15) is 51.2 Å². The molecule has 0 atom stereocenters. The zero-order valence-corrected chi connectivity index (χ0v) is 13.5. The number of hydrogen-bond acceptors (Lipinski definition) is 7.